The molecule has 0 unspecified atom stereocenters. The topological polar surface area (TPSA) is 0 Å². The molecule has 0 aromatic carbocycles. The molecule has 0 radical (unpaired) electrons. The second kappa shape index (κ2) is 10.9. The molecule has 0 aliphatic rings. The molecule has 0 fully saturated rings. The van der Waals surface area contributed by atoms with Gasteiger partial charge in [-0.1, -0.05) is 74.7 Å². The molecule has 0 aliphatic carbocycles. The third-order valence-electron chi connectivity index (χ3n) is 2.00. The van der Waals surface area contributed by atoms with E-state index in [4.69, 9.17) is 0 Å². The largest absolute Gasteiger partial charge is 0.0991 e. The molecule has 0 aromatic heterocycles. The molecule has 0 rings (SSSR count). The summed E-state index contributed by atoms with van der Waals surface area (Å²) in [5.74, 6) is 0.583. The van der Waals surface area contributed by atoms with Crippen LogP contribution in [0.1, 0.15) is 27.7 Å². The van der Waals surface area contributed by atoms with Crippen LogP contribution in [0.4, 0.5) is 0 Å². The second-order valence-corrected chi connectivity index (χ2v) is 5.23. The zero-order chi connectivity index (χ0) is 13.8. The van der Waals surface area contributed by atoms with Crippen LogP contribution in [0.5, 0.6) is 0 Å². The van der Waals surface area contributed by atoms with Gasteiger partial charge in [-0.2, -0.15) is 0 Å². The maximum Gasteiger partial charge on any atom is 0.0118 e. The van der Waals surface area contributed by atoms with Crippen LogP contribution in [0.2, 0.25) is 0 Å². The van der Waals surface area contributed by atoms with Crippen molar-refractivity contribution in [1.82, 2.24) is 0 Å². The predicted octanol–water partition coefficient (Wildman–Crippen LogP) is 6.04. The van der Waals surface area contributed by atoms with Crippen LogP contribution in [0.3, 0.4) is 0 Å². The van der Waals surface area contributed by atoms with E-state index in [9.17, 15) is 0 Å². The molecule has 0 nitrogen and oxygen atoms in total. The SMILES string of the molecule is C=C/C=C\C(=C/C)SC(/C=C\C)=C/C=C\C(C)C. The average Bonchev–Trinajstić information content (AvgIpc) is 2.33. The van der Waals surface area contributed by atoms with Gasteiger partial charge in [0.25, 0.3) is 0 Å². The van der Waals surface area contributed by atoms with Gasteiger partial charge in [0.1, 0.15) is 0 Å². The Labute approximate surface area is 117 Å². The minimum absolute atomic E-state index is 0.583. The number of hydrogen-bond donors (Lipinski definition) is 0. The van der Waals surface area contributed by atoms with E-state index in [0.29, 0.717) is 5.92 Å². The van der Waals surface area contributed by atoms with E-state index >= 15 is 0 Å². The zero-order valence-corrected chi connectivity index (χ0v) is 12.7. The predicted molar refractivity (Wildman–Crippen MR) is 87.6 cm³/mol. The maximum atomic E-state index is 3.69. The molecule has 0 amide bonds. The summed E-state index contributed by atoms with van der Waals surface area (Å²) in [5.41, 5.74) is 0. The van der Waals surface area contributed by atoms with E-state index in [1.165, 1.54) is 9.81 Å². The fourth-order valence-electron chi connectivity index (χ4n) is 1.15. The lowest BCUT2D eigenvalue weighted by atomic mass is 10.2. The Morgan fingerprint density at radius 1 is 1.06 bits per heavy atom. The summed E-state index contributed by atoms with van der Waals surface area (Å²) < 4.78 is 0. The molecule has 0 aromatic rings. The monoisotopic (exact) mass is 260 g/mol. The molecule has 18 heavy (non-hydrogen) atoms. The van der Waals surface area contributed by atoms with E-state index in [0.717, 1.165) is 0 Å². The Morgan fingerprint density at radius 3 is 2.28 bits per heavy atom. The summed E-state index contributed by atoms with van der Waals surface area (Å²) in [6, 6.07) is 0. The third kappa shape index (κ3) is 8.89. The van der Waals surface area contributed by atoms with Gasteiger partial charge in [0.05, 0.1) is 0 Å². The quantitative estimate of drug-likeness (QED) is 0.503. The Kier molecular flexibility index (Phi) is 10.2. The first-order valence-electron chi connectivity index (χ1n) is 6.28. The lowest BCUT2D eigenvalue weighted by Gasteiger charge is -2.02. The minimum Gasteiger partial charge on any atom is -0.0991 e. The molecule has 0 spiro atoms. The van der Waals surface area contributed by atoms with Crippen LogP contribution < -0.4 is 0 Å². The van der Waals surface area contributed by atoms with E-state index in [2.05, 4.69) is 63.0 Å². The third-order valence-corrected chi connectivity index (χ3v) is 3.12. The average molecular weight is 260 g/mol. The summed E-state index contributed by atoms with van der Waals surface area (Å²) in [5, 5.41) is 0. The van der Waals surface area contributed by atoms with Gasteiger partial charge in [-0.05, 0) is 31.9 Å². The van der Waals surface area contributed by atoms with Crippen molar-refractivity contribution >= 4 is 11.8 Å². The molecule has 0 heterocycles. The Bertz CT molecular complexity index is 376. The number of thioether (sulfide) groups is 1. The van der Waals surface area contributed by atoms with Gasteiger partial charge in [-0.3, -0.25) is 0 Å². The number of rotatable bonds is 7. The van der Waals surface area contributed by atoms with Gasteiger partial charge >= 0.3 is 0 Å². The highest BCUT2D eigenvalue weighted by molar-refractivity contribution is 8.07. The maximum absolute atomic E-state index is 3.69. The molecular weight excluding hydrogens is 236 g/mol. The molecule has 0 bridgehead atoms. The standard InChI is InChI=1S/C17H24S/c1-6-9-13-16(8-3)18-17(11-7-2)14-10-12-15(4)5/h6-15H,1H2,2-5H3/b11-7-,12-10-,13-9-,16-8+,17-14+. The summed E-state index contributed by atoms with van der Waals surface area (Å²) in [4.78, 5) is 2.45. The van der Waals surface area contributed by atoms with Gasteiger partial charge in [0.15, 0.2) is 0 Å². The fourth-order valence-corrected chi connectivity index (χ4v) is 2.04. The smallest absolute Gasteiger partial charge is 0.0118 e. The van der Waals surface area contributed by atoms with E-state index in [-0.39, 0.29) is 0 Å². The van der Waals surface area contributed by atoms with Crippen molar-refractivity contribution in [2.45, 2.75) is 27.7 Å². The highest BCUT2D eigenvalue weighted by Gasteiger charge is 1.96. The van der Waals surface area contributed by atoms with Gasteiger partial charge in [-0.25, -0.2) is 0 Å². The number of hydrogen-bond acceptors (Lipinski definition) is 1. The normalized spacial score (nSPS) is 14.5. The van der Waals surface area contributed by atoms with Crippen molar-refractivity contribution in [1.29, 1.82) is 0 Å². The van der Waals surface area contributed by atoms with Crippen LogP contribution in [0.15, 0.2) is 71.1 Å². The first-order valence-corrected chi connectivity index (χ1v) is 7.10. The van der Waals surface area contributed by atoms with Crippen LogP contribution in [-0.2, 0) is 0 Å². The highest BCUT2D eigenvalue weighted by Crippen LogP contribution is 2.27. The zero-order valence-electron chi connectivity index (χ0n) is 11.9. The molecule has 0 saturated carbocycles. The summed E-state index contributed by atoms with van der Waals surface area (Å²) >= 11 is 1.76. The Balaban J connectivity index is 4.81. The molecule has 0 atom stereocenters. The van der Waals surface area contributed by atoms with E-state index in [1.54, 1.807) is 17.8 Å². The van der Waals surface area contributed by atoms with Crippen molar-refractivity contribution < 1.29 is 0 Å². The number of allylic oxidation sites excluding steroid dienone is 9. The van der Waals surface area contributed by atoms with Crippen LogP contribution in [0, 0.1) is 5.92 Å². The van der Waals surface area contributed by atoms with Crippen LogP contribution >= 0.6 is 11.8 Å². The van der Waals surface area contributed by atoms with Crippen molar-refractivity contribution in [3.8, 4) is 0 Å². The van der Waals surface area contributed by atoms with Gasteiger partial charge in [0, 0.05) is 9.81 Å². The van der Waals surface area contributed by atoms with Gasteiger partial charge in [-0.15, -0.1) is 0 Å². The Morgan fingerprint density at radius 2 is 1.78 bits per heavy atom. The van der Waals surface area contributed by atoms with Crippen LogP contribution in [0.25, 0.3) is 0 Å². The van der Waals surface area contributed by atoms with Crippen molar-refractivity contribution in [3.05, 3.63) is 71.1 Å². The molecule has 98 valence electrons. The molecular formula is C17H24S. The minimum atomic E-state index is 0.583. The summed E-state index contributed by atoms with van der Waals surface area (Å²) in [6.07, 6.45) is 18.6. The second-order valence-electron chi connectivity index (χ2n) is 4.09. The Hall–Kier alpha value is -1.21. The fraction of sp³-hybridized carbons (Fsp3) is 0.294. The van der Waals surface area contributed by atoms with Gasteiger partial charge < -0.3 is 0 Å². The van der Waals surface area contributed by atoms with Crippen molar-refractivity contribution in [3.63, 3.8) is 0 Å². The molecule has 1 heteroatoms. The van der Waals surface area contributed by atoms with Gasteiger partial charge in [0.2, 0.25) is 0 Å². The highest BCUT2D eigenvalue weighted by atomic mass is 32.2. The van der Waals surface area contributed by atoms with Crippen molar-refractivity contribution in [2.24, 2.45) is 5.92 Å². The van der Waals surface area contributed by atoms with Crippen molar-refractivity contribution in [2.75, 3.05) is 0 Å². The van der Waals surface area contributed by atoms with Crippen LogP contribution in [-0.4, -0.2) is 0 Å². The molecule has 0 N–H and O–H groups in total. The first kappa shape index (κ1) is 16.8. The lowest BCUT2D eigenvalue weighted by Crippen LogP contribution is -1.77. The lowest BCUT2D eigenvalue weighted by molar-refractivity contribution is 0.832. The van der Waals surface area contributed by atoms with E-state index in [1.807, 2.05) is 19.9 Å². The summed E-state index contributed by atoms with van der Waals surface area (Å²) in [7, 11) is 0. The summed E-state index contributed by atoms with van der Waals surface area (Å²) in [6.45, 7) is 12.1. The molecule has 0 saturated heterocycles. The van der Waals surface area contributed by atoms with E-state index < -0.39 is 0 Å². The molecule has 0 aliphatic heterocycles. The first-order chi connectivity index (χ1) is 8.63.